The van der Waals surface area contributed by atoms with Crippen molar-refractivity contribution in [3.05, 3.63) is 59.7 Å². The molecule has 1 unspecified atom stereocenters. The quantitative estimate of drug-likeness (QED) is 0.542. The second kappa shape index (κ2) is 9.99. The highest BCUT2D eigenvalue weighted by Crippen LogP contribution is 2.27. The first-order valence-electron chi connectivity index (χ1n) is 9.70. The van der Waals surface area contributed by atoms with Crippen LogP contribution in [0, 0.1) is 0 Å². The summed E-state index contributed by atoms with van der Waals surface area (Å²) in [6.07, 6.45) is 1.04. The lowest BCUT2D eigenvalue weighted by atomic mass is 10.1. The molecule has 150 valence electrons. The number of nitrogens with zero attached hydrogens (tertiary/aromatic N) is 2. The molecule has 2 aromatic carbocycles. The lowest BCUT2D eigenvalue weighted by Gasteiger charge is -2.17. The summed E-state index contributed by atoms with van der Waals surface area (Å²) in [5.74, 6) is 2.64. The number of hydrogen-bond acceptors (Lipinski definition) is 4. The van der Waals surface area contributed by atoms with Gasteiger partial charge in [-0.25, -0.2) is 0 Å². The number of likely N-dealkylation sites (N-methyl/N-ethyl adjacent to an activating group) is 1. The van der Waals surface area contributed by atoms with Gasteiger partial charge in [0.05, 0.1) is 6.54 Å². The first-order chi connectivity index (χ1) is 13.7. The minimum absolute atomic E-state index is 0.123. The fourth-order valence-corrected chi connectivity index (χ4v) is 3.11. The number of rotatable bonds is 8. The standard InChI is InChI=1S/C22H30N4O2/c1-23-22(25-16-19-14-17-8-4-7-11-21(17)28-19)24-15-18-9-5-6-10-20(18)27-13-12-26(2)3/h4-11,19H,12-16H2,1-3H3,(H2,23,24,25). The molecule has 3 rings (SSSR count). The van der Waals surface area contributed by atoms with Gasteiger partial charge in [0.2, 0.25) is 0 Å². The largest absolute Gasteiger partial charge is 0.492 e. The Morgan fingerprint density at radius 3 is 2.71 bits per heavy atom. The number of nitrogens with one attached hydrogen (secondary N) is 2. The highest BCUT2D eigenvalue weighted by atomic mass is 16.5. The van der Waals surface area contributed by atoms with E-state index in [1.807, 2.05) is 44.4 Å². The molecule has 0 amide bonds. The Bertz CT molecular complexity index is 767. The molecule has 0 fully saturated rings. The number of guanidine groups is 1. The Morgan fingerprint density at radius 1 is 1.14 bits per heavy atom. The molecule has 0 bridgehead atoms. The first-order valence-corrected chi connectivity index (χ1v) is 9.70. The van der Waals surface area contributed by atoms with Crippen LogP contribution in [0.5, 0.6) is 11.5 Å². The van der Waals surface area contributed by atoms with Crippen LogP contribution in [0.25, 0.3) is 0 Å². The summed E-state index contributed by atoms with van der Waals surface area (Å²) in [4.78, 5) is 6.43. The van der Waals surface area contributed by atoms with Gasteiger partial charge < -0.3 is 25.0 Å². The van der Waals surface area contributed by atoms with E-state index in [0.717, 1.165) is 36.0 Å². The van der Waals surface area contributed by atoms with Crippen LogP contribution in [0.1, 0.15) is 11.1 Å². The van der Waals surface area contributed by atoms with Crippen molar-refractivity contribution < 1.29 is 9.47 Å². The summed E-state index contributed by atoms with van der Waals surface area (Å²) in [5.41, 5.74) is 2.37. The van der Waals surface area contributed by atoms with E-state index in [0.29, 0.717) is 19.7 Å². The van der Waals surface area contributed by atoms with Crippen molar-refractivity contribution in [3.8, 4) is 11.5 Å². The monoisotopic (exact) mass is 382 g/mol. The van der Waals surface area contributed by atoms with Gasteiger partial charge in [-0.2, -0.15) is 0 Å². The maximum atomic E-state index is 5.98. The zero-order chi connectivity index (χ0) is 19.8. The molecular formula is C22H30N4O2. The molecule has 0 saturated heterocycles. The highest BCUT2D eigenvalue weighted by molar-refractivity contribution is 5.79. The number of para-hydroxylation sites is 2. The number of aliphatic imine (C=N–C) groups is 1. The van der Waals surface area contributed by atoms with Crippen LogP contribution >= 0.6 is 0 Å². The van der Waals surface area contributed by atoms with Crippen LogP contribution in [-0.4, -0.2) is 57.8 Å². The molecule has 6 nitrogen and oxygen atoms in total. The van der Waals surface area contributed by atoms with Gasteiger partial charge in [0.15, 0.2) is 5.96 Å². The van der Waals surface area contributed by atoms with Gasteiger partial charge in [0.1, 0.15) is 24.2 Å². The molecule has 0 spiro atoms. The number of fused-ring (bicyclic) bond motifs is 1. The number of hydrogen-bond donors (Lipinski definition) is 2. The third-order valence-electron chi connectivity index (χ3n) is 4.65. The fourth-order valence-electron chi connectivity index (χ4n) is 3.11. The van der Waals surface area contributed by atoms with E-state index in [2.05, 4.69) is 38.7 Å². The zero-order valence-corrected chi connectivity index (χ0v) is 16.9. The third-order valence-corrected chi connectivity index (χ3v) is 4.65. The SMILES string of the molecule is CN=C(NCc1ccccc1OCCN(C)C)NCC1Cc2ccccc2O1. The van der Waals surface area contributed by atoms with E-state index in [4.69, 9.17) is 9.47 Å². The van der Waals surface area contributed by atoms with Crippen LogP contribution in [-0.2, 0) is 13.0 Å². The lowest BCUT2D eigenvalue weighted by molar-refractivity contribution is 0.235. The van der Waals surface area contributed by atoms with E-state index >= 15 is 0 Å². The van der Waals surface area contributed by atoms with E-state index in [1.54, 1.807) is 7.05 Å². The average Bonchev–Trinajstić information content (AvgIpc) is 3.12. The van der Waals surface area contributed by atoms with Crippen LogP contribution < -0.4 is 20.1 Å². The van der Waals surface area contributed by atoms with Crippen molar-refractivity contribution in [2.75, 3.05) is 40.8 Å². The van der Waals surface area contributed by atoms with Crippen molar-refractivity contribution in [3.63, 3.8) is 0 Å². The Kier molecular flexibility index (Phi) is 7.14. The molecule has 1 atom stereocenters. The summed E-state index contributed by atoms with van der Waals surface area (Å²) in [5, 5.41) is 6.72. The van der Waals surface area contributed by atoms with Crippen molar-refractivity contribution >= 4 is 5.96 Å². The van der Waals surface area contributed by atoms with Gasteiger partial charge >= 0.3 is 0 Å². The average molecular weight is 383 g/mol. The maximum absolute atomic E-state index is 5.98. The molecule has 2 N–H and O–H groups in total. The minimum atomic E-state index is 0.123. The normalized spacial score (nSPS) is 15.9. The Hall–Kier alpha value is -2.73. The molecule has 0 radical (unpaired) electrons. The second-order valence-electron chi connectivity index (χ2n) is 7.12. The van der Waals surface area contributed by atoms with Gasteiger partial charge in [-0.15, -0.1) is 0 Å². The van der Waals surface area contributed by atoms with Crippen molar-refractivity contribution in [2.45, 2.75) is 19.1 Å². The molecule has 0 aliphatic carbocycles. The van der Waals surface area contributed by atoms with Gasteiger partial charge in [0.25, 0.3) is 0 Å². The van der Waals surface area contributed by atoms with E-state index in [-0.39, 0.29) is 6.10 Å². The number of ether oxygens (including phenoxy) is 2. The van der Waals surface area contributed by atoms with Gasteiger partial charge in [-0.1, -0.05) is 36.4 Å². The predicted molar refractivity (Wildman–Crippen MR) is 113 cm³/mol. The smallest absolute Gasteiger partial charge is 0.191 e. The van der Waals surface area contributed by atoms with E-state index < -0.39 is 0 Å². The zero-order valence-electron chi connectivity index (χ0n) is 16.9. The third kappa shape index (κ3) is 5.63. The Morgan fingerprint density at radius 2 is 1.93 bits per heavy atom. The molecule has 1 heterocycles. The molecule has 6 heteroatoms. The molecular weight excluding hydrogens is 352 g/mol. The molecule has 0 aromatic heterocycles. The van der Waals surface area contributed by atoms with E-state index in [9.17, 15) is 0 Å². The molecule has 28 heavy (non-hydrogen) atoms. The first kappa shape index (κ1) is 20.0. The van der Waals surface area contributed by atoms with Crippen LogP contribution in [0.15, 0.2) is 53.5 Å². The van der Waals surface area contributed by atoms with Crippen molar-refractivity contribution in [1.29, 1.82) is 0 Å². The molecule has 0 saturated carbocycles. The summed E-state index contributed by atoms with van der Waals surface area (Å²) < 4.78 is 11.9. The summed E-state index contributed by atoms with van der Waals surface area (Å²) >= 11 is 0. The van der Waals surface area contributed by atoms with Crippen LogP contribution in [0.4, 0.5) is 0 Å². The second-order valence-corrected chi connectivity index (χ2v) is 7.12. The Labute approximate surface area is 167 Å². The van der Waals surface area contributed by atoms with Gasteiger partial charge in [0, 0.05) is 32.1 Å². The lowest BCUT2D eigenvalue weighted by Crippen LogP contribution is -2.42. The molecule has 1 aliphatic heterocycles. The van der Waals surface area contributed by atoms with Crippen molar-refractivity contribution in [1.82, 2.24) is 15.5 Å². The number of benzene rings is 2. The van der Waals surface area contributed by atoms with E-state index in [1.165, 1.54) is 5.56 Å². The summed E-state index contributed by atoms with van der Waals surface area (Å²) in [7, 11) is 5.86. The van der Waals surface area contributed by atoms with Crippen molar-refractivity contribution in [2.24, 2.45) is 4.99 Å². The summed E-state index contributed by atoms with van der Waals surface area (Å²) in [6, 6.07) is 16.3. The predicted octanol–water partition coefficient (Wildman–Crippen LogP) is 2.30. The van der Waals surface area contributed by atoms with Crippen LogP contribution in [0.2, 0.25) is 0 Å². The van der Waals surface area contributed by atoms with Gasteiger partial charge in [-0.05, 0) is 31.8 Å². The Balaban J connectivity index is 1.47. The topological polar surface area (TPSA) is 58.1 Å². The van der Waals surface area contributed by atoms with Gasteiger partial charge in [-0.3, -0.25) is 4.99 Å². The minimum Gasteiger partial charge on any atom is -0.492 e. The molecule has 1 aliphatic rings. The highest BCUT2D eigenvalue weighted by Gasteiger charge is 2.22. The summed E-state index contributed by atoms with van der Waals surface area (Å²) in [6.45, 7) is 2.89. The van der Waals surface area contributed by atoms with Crippen LogP contribution in [0.3, 0.4) is 0 Å². The fraction of sp³-hybridized carbons (Fsp3) is 0.409. The maximum Gasteiger partial charge on any atom is 0.191 e. The molecule has 2 aromatic rings.